The zero-order valence-electron chi connectivity index (χ0n) is 12.7. The number of ether oxygens (including phenoxy) is 1. The van der Waals surface area contributed by atoms with E-state index in [1.165, 1.54) is 6.20 Å². The predicted octanol–water partition coefficient (Wildman–Crippen LogP) is 3.00. The molecule has 0 fully saturated rings. The van der Waals surface area contributed by atoms with Crippen molar-refractivity contribution in [3.8, 4) is 11.5 Å². The SMILES string of the molecule is CC(C)(C)S(=O)(=O)Nc1ccc(Oc2ccc(N)nc2)cc1. The Labute approximate surface area is 130 Å². The Bertz CT molecular complexity index is 733. The first-order chi connectivity index (χ1) is 10.2. The lowest BCUT2D eigenvalue weighted by Gasteiger charge is -2.20. The molecular formula is C15H19N3O3S. The second kappa shape index (κ2) is 5.84. The van der Waals surface area contributed by atoms with Gasteiger partial charge < -0.3 is 10.5 Å². The molecule has 0 saturated heterocycles. The Morgan fingerprint density at radius 2 is 1.64 bits per heavy atom. The standard InChI is InChI=1S/C15H19N3O3S/c1-15(2,3)22(19,20)18-11-4-6-12(7-5-11)21-13-8-9-14(16)17-10-13/h4-10,18H,1-3H3,(H2,16,17). The number of pyridine rings is 1. The Hall–Kier alpha value is -2.28. The van der Waals surface area contributed by atoms with Crippen LogP contribution in [0.5, 0.6) is 11.5 Å². The topological polar surface area (TPSA) is 94.3 Å². The monoisotopic (exact) mass is 321 g/mol. The number of anilines is 2. The summed E-state index contributed by atoms with van der Waals surface area (Å²) in [5.41, 5.74) is 5.99. The summed E-state index contributed by atoms with van der Waals surface area (Å²) in [6.07, 6.45) is 1.52. The Morgan fingerprint density at radius 1 is 1.05 bits per heavy atom. The molecule has 22 heavy (non-hydrogen) atoms. The Balaban J connectivity index is 2.09. The van der Waals surface area contributed by atoms with E-state index in [-0.39, 0.29) is 0 Å². The molecule has 118 valence electrons. The summed E-state index contributed by atoms with van der Waals surface area (Å²) >= 11 is 0. The number of nitrogen functional groups attached to an aromatic ring is 1. The maximum absolute atomic E-state index is 12.1. The fraction of sp³-hybridized carbons (Fsp3) is 0.267. The average Bonchev–Trinajstić information content (AvgIpc) is 2.42. The number of benzene rings is 1. The van der Waals surface area contributed by atoms with Crippen LogP contribution >= 0.6 is 0 Å². The lowest BCUT2D eigenvalue weighted by molar-refractivity contribution is 0.480. The molecule has 1 aromatic heterocycles. The fourth-order valence-electron chi connectivity index (χ4n) is 1.49. The summed E-state index contributed by atoms with van der Waals surface area (Å²) < 4.78 is 31.4. The van der Waals surface area contributed by atoms with Crippen molar-refractivity contribution in [2.75, 3.05) is 10.5 Å². The van der Waals surface area contributed by atoms with Crippen LogP contribution in [0.1, 0.15) is 20.8 Å². The van der Waals surface area contributed by atoms with E-state index in [2.05, 4.69) is 9.71 Å². The van der Waals surface area contributed by atoms with Crippen molar-refractivity contribution in [3.05, 3.63) is 42.6 Å². The normalized spacial score (nSPS) is 12.0. The van der Waals surface area contributed by atoms with Gasteiger partial charge in [-0.05, 0) is 57.2 Å². The smallest absolute Gasteiger partial charge is 0.237 e. The molecule has 2 rings (SSSR count). The van der Waals surface area contributed by atoms with Crippen LogP contribution in [-0.4, -0.2) is 18.1 Å². The molecular weight excluding hydrogens is 302 g/mol. The fourth-order valence-corrected chi connectivity index (χ4v) is 2.24. The highest BCUT2D eigenvalue weighted by molar-refractivity contribution is 7.94. The summed E-state index contributed by atoms with van der Waals surface area (Å²) in [6.45, 7) is 4.92. The van der Waals surface area contributed by atoms with Crippen LogP contribution in [-0.2, 0) is 10.0 Å². The first-order valence-electron chi connectivity index (χ1n) is 6.69. The minimum absolute atomic E-state index is 0.416. The van der Waals surface area contributed by atoms with Crippen LogP contribution in [0.2, 0.25) is 0 Å². The molecule has 0 aliphatic heterocycles. The van der Waals surface area contributed by atoms with Crippen molar-refractivity contribution >= 4 is 21.5 Å². The molecule has 0 spiro atoms. The molecule has 1 heterocycles. The third-order valence-corrected chi connectivity index (χ3v) is 5.02. The molecule has 0 bridgehead atoms. The van der Waals surface area contributed by atoms with Crippen LogP contribution in [0.3, 0.4) is 0 Å². The summed E-state index contributed by atoms with van der Waals surface area (Å²) in [5, 5.41) is 0. The van der Waals surface area contributed by atoms with Gasteiger partial charge in [0.1, 0.15) is 17.3 Å². The molecule has 3 N–H and O–H groups in total. The molecule has 1 aromatic carbocycles. The Morgan fingerprint density at radius 3 is 2.14 bits per heavy atom. The summed E-state index contributed by atoms with van der Waals surface area (Å²) in [4.78, 5) is 3.93. The van der Waals surface area contributed by atoms with E-state index >= 15 is 0 Å². The van der Waals surface area contributed by atoms with Crippen molar-refractivity contribution in [2.24, 2.45) is 0 Å². The van der Waals surface area contributed by atoms with E-state index in [0.29, 0.717) is 23.0 Å². The number of hydrogen-bond acceptors (Lipinski definition) is 5. The van der Waals surface area contributed by atoms with Gasteiger partial charge in [-0.3, -0.25) is 4.72 Å². The minimum Gasteiger partial charge on any atom is -0.456 e. The average molecular weight is 321 g/mol. The van der Waals surface area contributed by atoms with E-state index in [0.717, 1.165) is 0 Å². The zero-order valence-corrected chi connectivity index (χ0v) is 13.5. The second-order valence-electron chi connectivity index (χ2n) is 5.76. The molecule has 0 radical (unpaired) electrons. The summed E-state index contributed by atoms with van der Waals surface area (Å²) in [7, 11) is -3.44. The molecule has 0 saturated carbocycles. The van der Waals surface area contributed by atoms with Crippen molar-refractivity contribution < 1.29 is 13.2 Å². The van der Waals surface area contributed by atoms with E-state index in [9.17, 15) is 8.42 Å². The first-order valence-corrected chi connectivity index (χ1v) is 8.17. The van der Waals surface area contributed by atoms with Gasteiger partial charge in [0.15, 0.2) is 0 Å². The van der Waals surface area contributed by atoms with Crippen LogP contribution < -0.4 is 15.2 Å². The van der Waals surface area contributed by atoms with E-state index in [4.69, 9.17) is 10.5 Å². The predicted molar refractivity (Wildman–Crippen MR) is 87.5 cm³/mol. The third kappa shape index (κ3) is 3.88. The van der Waals surface area contributed by atoms with Crippen molar-refractivity contribution in [2.45, 2.75) is 25.5 Å². The molecule has 0 amide bonds. The number of aromatic nitrogens is 1. The van der Waals surface area contributed by atoms with E-state index < -0.39 is 14.8 Å². The molecule has 0 atom stereocenters. The largest absolute Gasteiger partial charge is 0.456 e. The van der Waals surface area contributed by atoms with Gasteiger partial charge in [0.25, 0.3) is 0 Å². The van der Waals surface area contributed by atoms with Gasteiger partial charge in [0.05, 0.1) is 10.9 Å². The quantitative estimate of drug-likeness (QED) is 0.902. The van der Waals surface area contributed by atoms with Gasteiger partial charge in [0.2, 0.25) is 10.0 Å². The van der Waals surface area contributed by atoms with Crippen LogP contribution in [0, 0.1) is 0 Å². The minimum atomic E-state index is -3.44. The van der Waals surface area contributed by atoms with Crippen LogP contribution in [0.15, 0.2) is 42.6 Å². The first kappa shape index (κ1) is 16.1. The van der Waals surface area contributed by atoms with Gasteiger partial charge in [-0.2, -0.15) is 0 Å². The van der Waals surface area contributed by atoms with Crippen LogP contribution in [0.4, 0.5) is 11.5 Å². The highest BCUT2D eigenvalue weighted by Gasteiger charge is 2.28. The summed E-state index contributed by atoms with van der Waals surface area (Å²) in [5.74, 6) is 1.54. The lowest BCUT2D eigenvalue weighted by Crippen LogP contribution is -2.33. The summed E-state index contributed by atoms with van der Waals surface area (Å²) in [6, 6.07) is 9.99. The zero-order chi connectivity index (χ0) is 16.4. The number of sulfonamides is 1. The van der Waals surface area contributed by atoms with Crippen molar-refractivity contribution in [1.29, 1.82) is 0 Å². The number of nitrogens with zero attached hydrogens (tertiary/aromatic N) is 1. The highest BCUT2D eigenvalue weighted by atomic mass is 32.2. The maximum atomic E-state index is 12.1. The van der Waals surface area contributed by atoms with E-state index in [1.54, 1.807) is 57.2 Å². The molecule has 0 aliphatic rings. The van der Waals surface area contributed by atoms with Crippen LogP contribution in [0.25, 0.3) is 0 Å². The number of rotatable bonds is 4. The molecule has 7 heteroatoms. The molecule has 2 aromatic rings. The van der Waals surface area contributed by atoms with Gasteiger partial charge >= 0.3 is 0 Å². The van der Waals surface area contributed by atoms with Crippen molar-refractivity contribution in [3.63, 3.8) is 0 Å². The molecule has 0 unspecified atom stereocenters. The lowest BCUT2D eigenvalue weighted by atomic mass is 10.3. The van der Waals surface area contributed by atoms with Gasteiger partial charge in [-0.15, -0.1) is 0 Å². The van der Waals surface area contributed by atoms with Gasteiger partial charge in [0, 0.05) is 5.69 Å². The second-order valence-corrected chi connectivity index (χ2v) is 8.20. The Kier molecular flexibility index (Phi) is 4.27. The molecule has 6 nitrogen and oxygen atoms in total. The maximum Gasteiger partial charge on any atom is 0.237 e. The molecule has 0 aliphatic carbocycles. The van der Waals surface area contributed by atoms with E-state index in [1.807, 2.05) is 0 Å². The van der Waals surface area contributed by atoms with Gasteiger partial charge in [-0.1, -0.05) is 0 Å². The van der Waals surface area contributed by atoms with Crippen molar-refractivity contribution in [1.82, 2.24) is 4.98 Å². The number of nitrogens with one attached hydrogen (secondary N) is 1. The number of nitrogens with two attached hydrogens (primary N) is 1. The highest BCUT2D eigenvalue weighted by Crippen LogP contribution is 2.25. The third-order valence-electron chi connectivity index (χ3n) is 2.91. The number of hydrogen-bond donors (Lipinski definition) is 2. The van der Waals surface area contributed by atoms with Gasteiger partial charge in [-0.25, -0.2) is 13.4 Å².